The van der Waals surface area contributed by atoms with Gasteiger partial charge in [0, 0.05) is 19.7 Å². The number of nitrogens with zero attached hydrogens (tertiary/aromatic N) is 1. The Labute approximate surface area is 145 Å². The van der Waals surface area contributed by atoms with Gasteiger partial charge in [0.2, 0.25) is 10.0 Å². The Balaban J connectivity index is 2.22. The molecule has 2 rings (SSSR count). The van der Waals surface area contributed by atoms with Crippen LogP contribution in [0.3, 0.4) is 0 Å². The number of rotatable bonds is 8. The molecule has 0 saturated carbocycles. The van der Waals surface area contributed by atoms with Crippen molar-refractivity contribution in [2.75, 3.05) is 20.8 Å². The van der Waals surface area contributed by atoms with Crippen molar-refractivity contribution in [2.24, 2.45) is 0 Å². The highest BCUT2D eigenvalue weighted by atomic mass is 32.2. The molecule has 1 N–H and O–H groups in total. The summed E-state index contributed by atoms with van der Waals surface area (Å²) in [6.45, 7) is -0.0853. The third-order valence-corrected chi connectivity index (χ3v) is 5.03. The first-order valence-electron chi connectivity index (χ1n) is 7.29. The Bertz CT molecular complexity index is 853. The highest BCUT2D eigenvalue weighted by molar-refractivity contribution is 7.89. The van der Waals surface area contributed by atoms with Crippen molar-refractivity contribution in [3.8, 4) is 5.75 Å². The second-order valence-electron chi connectivity index (χ2n) is 5.08. The van der Waals surface area contributed by atoms with E-state index in [9.17, 15) is 18.5 Å². The summed E-state index contributed by atoms with van der Waals surface area (Å²) >= 11 is 0. The zero-order chi connectivity index (χ0) is 18.4. The van der Waals surface area contributed by atoms with Crippen molar-refractivity contribution in [2.45, 2.75) is 11.0 Å². The molecule has 0 fully saturated rings. The van der Waals surface area contributed by atoms with Crippen LogP contribution in [0.4, 0.5) is 5.69 Å². The molecule has 0 spiro atoms. The lowest BCUT2D eigenvalue weighted by Crippen LogP contribution is -2.29. The maximum absolute atomic E-state index is 12.4. The number of nitro groups is 1. The van der Waals surface area contributed by atoms with E-state index in [1.165, 1.54) is 32.4 Å². The van der Waals surface area contributed by atoms with Crippen LogP contribution in [-0.4, -0.2) is 34.1 Å². The van der Waals surface area contributed by atoms with Gasteiger partial charge in [-0.3, -0.25) is 10.1 Å². The van der Waals surface area contributed by atoms with Crippen LogP contribution in [0.25, 0.3) is 0 Å². The Kier molecular flexibility index (Phi) is 6.07. The molecule has 25 heavy (non-hydrogen) atoms. The quantitative estimate of drug-likeness (QED) is 0.567. The third kappa shape index (κ3) is 4.53. The molecule has 0 amide bonds. The van der Waals surface area contributed by atoms with E-state index in [1.807, 2.05) is 0 Å². The number of para-hydroxylation sites is 1. The lowest BCUT2D eigenvalue weighted by molar-refractivity contribution is -0.387. The minimum Gasteiger partial charge on any atom is -0.497 e. The summed E-state index contributed by atoms with van der Waals surface area (Å²) in [5, 5.41) is 11.0. The van der Waals surface area contributed by atoms with Crippen molar-refractivity contribution < 1.29 is 22.8 Å². The molecule has 0 bridgehead atoms. The Morgan fingerprint density at radius 2 is 1.88 bits per heavy atom. The molecule has 2 aromatic carbocycles. The maximum Gasteiger partial charge on any atom is 0.289 e. The molecular formula is C16H18N2O6S. The minimum atomic E-state index is -4.07. The molecule has 0 heterocycles. The molecule has 0 radical (unpaired) electrons. The third-order valence-electron chi connectivity index (χ3n) is 3.56. The van der Waals surface area contributed by atoms with E-state index >= 15 is 0 Å². The molecule has 0 saturated heterocycles. The number of nitro benzene ring substituents is 1. The highest BCUT2D eigenvalue weighted by Crippen LogP contribution is 2.24. The highest BCUT2D eigenvalue weighted by Gasteiger charge is 2.26. The minimum absolute atomic E-state index is 0.0853. The first-order chi connectivity index (χ1) is 11.9. The smallest absolute Gasteiger partial charge is 0.289 e. The van der Waals surface area contributed by atoms with Crippen molar-refractivity contribution in [3.05, 3.63) is 64.2 Å². The lowest BCUT2D eigenvalue weighted by atomic mass is 10.1. The molecule has 9 heteroatoms. The molecule has 0 aromatic heterocycles. The van der Waals surface area contributed by atoms with E-state index in [2.05, 4.69) is 4.72 Å². The van der Waals surface area contributed by atoms with Gasteiger partial charge in [-0.1, -0.05) is 24.3 Å². The molecular weight excluding hydrogens is 348 g/mol. The Morgan fingerprint density at radius 3 is 2.52 bits per heavy atom. The van der Waals surface area contributed by atoms with Gasteiger partial charge in [0.1, 0.15) is 5.75 Å². The average Bonchev–Trinajstić information content (AvgIpc) is 2.62. The number of sulfonamides is 1. The van der Waals surface area contributed by atoms with Crippen LogP contribution >= 0.6 is 0 Å². The van der Waals surface area contributed by atoms with E-state index in [0.717, 1.165) is 6.07 Å². The van der Waals surface area contributed by atoms with Gasteiger partial charge in [-0.05, 0) is 23.8 Å². The van der Waals surface area contributed by atoms with Gasteiger partial charge >= 0.3 is 0 Å². The monoisotopic (exact) mass is 366 g/mol. The second-order valence-corrected chi connectivity index (χ2v) is 6.81. The number of benzene rings is 2. The van der Waals surface area contributed by atoms with Crippen molar-refractivity contribution in [1.29, 1.82) is 0 Å². The summed E-state index contributed by atoms with van der Waals surface area (Å²) in [7, 11) is -1.09. The number of nitrogens with one attached hydrogen (secondary N) is 1. The van der Waals surface area contributed by atoms with Crippen LogP contribution in [-0.2, 0) is 14.8 Å². The Morgan fingerprint density at radius 1 is 1.16 bits per heavy atom. The average molecular weight is 366 g/mol. The second kappa shape index (κ2) is 8.06. The SMILES string of the molecule is COc1cccc(C(CNS(=O)(=O)c2ccccc2[N+](=O)[O-])OC)c1. The van der Waals surface area contributed by atoms with E-state index in [0.29, 0.717) is 11.3 Å². The van der Waals surface area contributed by atoms with Crippen molar-refractivity contribution >= 4 is 15.7 Å². The molecule has 0 aliphatic carbocycles. The van der Waals surface area contributed by atoms with Crippen LogP contribution in [0, 0.1) is 10.1 Å². The summed E-state index contributed by atoms with van der Waals surface area (Å²) < 4.78 is 37.7. The van der Waals surface area contributed by atoms with Crippen LogP contribution in [0.1, 0.15) is 11.7 Å². The van der Waals surface area contributed by atoms with Crippen LogP contribution < -0.4 is 9.46 Å². The predicted octanol–water partition coefficient (Wildman–Crippen LogP) is 2.27. The van der Waals surface area contributed by atoms with Gasteiger partial charge in [-0.2, -0.15) is 0 Å². The lowest BCUT2D eigenvalue weighted by Gasteiger charge is -2.17. The van der Waals surface area contributed by atoms with Crippen molar-refractivity contribution in [3.63, 3.8) is 0 Å². The van der Waals surface area contributed by atoms with Crippen LogP contribution in [0.15, 0.2) is 53.4 Å². The zero-order valence-electron chi connectivity index (χ0n) is 13.7. The fourth-order valence-electron chi connectivity index (χ4n) is 2.28. The first kappa shape index (κ1) is 18.8. The normalized spacial score (nSPS) is 12.6. The molecule has 134 valence electrons. The zero-order valence-corrected chi connectivity index (χ0v) is 14.5. The van der Waals surface area contributed by atoms with Gasteiger partial charge < -0.3 is 9.47 Å². The van der Waals surface area contributed by atoms with Gasteiger partial charge in [-0.15, -0.1) is 0 Å². The summed E-state index contributed by atoms with van der Waals surface area (Å²) in [6, 6.07) is 12.2. The topological polar surface area (TPSA) is 108 Å². The molecule has 2 aromatic rings. The Hall–Kier alpha value is -2.49. The number of hydrogen-bond acceptors (Lipinski definition) is 6. The summed E-state index contributed by atoms with van der Waals surface area (Å²) in [5.74, 6) is 0.612. The molecule has 1 atom stereocenters. The number of hydrogen-bond donors (Lipinski definition) is 1. The largest absolute Gasteiger partial charge is 0.497 e. The number of ether oxygens (including phenoxy) is 2. The van der Waals surface area contributed by atoms with Crippen molar-refractivity contribution in [1.82, 2.24) is 4.72 Å². The summed E-state index contributed by atoms with van der Waals surface area (Å²) in [5.41, 5.74) is 0.234. The van der Waals surface area contributed by atoms with E-state index in [1.54, 1.807) is 24.3 Å². The van der Waals surface area contributed by atoms with E-state index in [4.69, 9.17) is 9.47 Å². The van der Waals surface area contributed by atoms with Gasteiger partial charge in [-0.25, -0.2) is 13.1 Å². The van der Waals surface area contributed by atoms with Gasteiger partial charge in [0.05, 0.1) is 18.1 Å². The summed E-state index contributed by atoms with van der Waals surface area (Å²) in [4.78, 5) is 9.91. The molecule has 1 unspecified atom stereocenters. The summed E-state index contributed by atoms with van der Waals surface area (Å²) in [6.07, 6.45) is -0.576. The first-order valence-corrected chi connectivity index (χ1v) is 8.77. The van der Waals surface area contributed by atoms with E-state index in [-0.39, 0.29) is 11.4 Å². The molecule has 0 aliphatic heterocycles. The molecule has 0 aliphatic rings. The van der Waals surface area contributed by atoms with Crippen LogP contribution in [0.5, 0.6) is 5.75 Å². The maximum atomic E-state index is 12.4. The fourth-order valence-corrected chi connectivity index (χ4v) is 3.48. The van der Waals surface area contributed by atoms with E-state index < -0.39 is 26.7 Å². The number of methoxy groups -OCH3 is 2. The predicted molar refractivity (Wildman–Crippen MR) is 91.0 cm³/mol. The standard InChI is InChI=1S/C16H18N2O6S/c1-23-13-7-5-6-12(10-13)15(24-2)11-17-25(21,22)16-9-4-3-8-14(16)18(19)20/h3-10,15,17H,11H2,1-2H3. The fraction of sp³-hybridized carbons (Fsp3) is 0.250. The van der Waals surface area contributed by atoms with Crippen LogP contribution in [0.2, 0.25) is 0 Å². The molecule has 8 nitrogen and oxygen atoms in total. The van der Waals surface area contributed by atoms with Gasteiger partial charge in [0.15, 0.2) is 4.90 Å². The van der Waals surface area contributed by atoms with Gasteiger partial charge in [0.25, 0.3) is 5.69 Å².